The molecule has 0 aliphatic heterocycles. The van der Waals surface area contributed by atoms with E-state index < -0.39 is 6.04 Å². The number of nitrogens with one attached hydrogen (secondary N) is 1. The summed E-state index contributed by atoms with van der Waals surface area (Å²) < 4.78 is 5.27. The predicted octanol–water partition coefficient (Wildman–Crippen LogP) is 2.79. The van der Waals surface area contributed by atoms with E-state index in [-0.39, 0.29) is 11.8 Å². The van der Waals surface area contributed by atoms with E-state index in [9.17, 15) is 9.59 Å². The van der Waals surface area contributed by atoms with Crippen LogP contribution in [0.5, 0.6) is 5.75 Å². The molecule has 0 saturated heterocycles. The van der Waals surface area contributed by atoms with Crippen molar-refractivity contribution in [2.45, 2.75) is 32.4 Å². The van der Waals surface area contributed by atoms with Crippen molar-refractivity contribution in [1.82, 2.24) is 10.2 Å². The Labute approximate surface area is 155 Å². The van der Waals surface area contributed by atoms with Crippen LogP contribution in [-0.2, 0) is 22.6 Å². The van der Waals surface area contributed by atoms with E-state index in [1.165, 1.54) is 0 Å². The molecule has 5 nitrogen and oxygen atoms in total. The third-order valence-electron chi connectivity index (χ3n) is 4.31. The van der Waals surface area contributed by atoms with Gasteiger partial charge in [-0.05, 0) is 23.3 Å². The van der Waals surface area contributed by atoms with Crippen molar-refractivity contribution in [2.24, 2.45) is 0 Å². The molecule has 2 aromatic carbocycles. The zero-order valence-electron chi connectivity index (χ0n) is 15.6. The highest BCUT2D eigenvalue weighted by Crippen LogP contribution is 2.18. The molecule has 0 fully saturated rings. The van der Waals surface area contributed by atoms with Gasteiger partial charge in [0.1, 0.15) is 11.8 Å². The Hall–Kier alpha value is -2.82. The Kier molecular flexibility index (Phi) is 7.21. The van der Waals surface area contributed by atoms with Crippen LogP contribution in [0.3, 0.4) is 0 Å². The summed E-state index contributed by atoms with van der Waals surface area (Å²) in [6.45, 7) is 2.17. The molecule has 5 heteroatoms. The summed E-state index contributed by atoms with van der Waals surface area (Å²) in [4.78, 5) is 26.9. The van der Waals surface area contributed by atoms with Gasteiger partial charge in [0.15, 0.2) is 0 Å². The molecule has 0 radical (unpaired) electrons. The fourth-order valence-corrected chi connectivity index (χ4v) is 2.89. The fourth-order valence-electron chi connectivity index (χ4n) is 2.89. The molecule has 0 heterocycles. The van der Waals surface area contributed by atoms with Crippen LogP contribution < -0.4 is 10.1 Å². The summed E-state index contributed by atoms with van der Waals surface area (Å²) in [7, 11) is 3.21. The van der Waals surface area contributed by atoms with Gasteiger partial charge in [0, 0.05) is 26.4 Å². The van der Waals surface area contributed by atoms with E-state index in [0.29, 0.717) is 19.4 Å². The van der Waals surface area contributed by atoms with Gasteiger partial charge in [-0.15, -0.1) is 0 Å². The monoisotopic (exact) mass is 354 g/mol. The lowest BCUT2D eigenvalue weighted by Crippen LogP contribution is -2.49. The second-order valence-corrected chi connectivity index (χ2v) is 6.05. The number of carbonyl (C=O) groups excluding carboxylic acids is 2. The Bertz CT molecular complexity index is 731. The van der Waals surface area contributed by atoms with Gasteiger partial charge in [-0.25, -0.2) is 0 Å². The molecule has 2 rings (SSSR count). The Morgan fingerprint density at radius 3 is 2.38 bits per heavy atom. The number of carbonyl (C=O) groups is 2. The highest BCUT2D eigenvalue weighted by molar-refractivity contribution is 5.87. The largest absolute Gasteiger partial charge is 0.497 e. The normalized spacial score (nSPS) is 11.5. The molecule has 0 bridgehead atoms. The molecular formula is C21H26N2O3. The van der Waals surface area contributed by atoms with Crippen LogP contribution in [0.1, 0.15) is 24.5 Å². The Balaban J connectivity index is 2.32. The van der Waals surface area contributed by atoms with Gasteiger partial charge >= 0.3 is 0 Å². The topological polar surface area (TPSA) is 58.6 Å². The van der Waals surface area contributed by atoms with Crippen LogP contribution >= 0.6 is 0 Å². The predicted molar refractivity (Wildman–Crippen MR) is 102 cm³/mol. The third-order valence-corrected chi connectivity index (χ3v) is 4.31. The first-order valence-corrected chi connectivity index (χ1v) is 8.77. The summed E-state index contributed by atoms with van der Waals surface area (Å²) in [5.41, 5.74) is 1.94. The lowest BCUT2D eigenvalue weighted by atomic mass is 10.0. The fraction of sp³-hybridized carbons (Fsp3) is 0.333. The maximum absolute atomic E-state index is 12.6. The first-order valence-electron chi connectivity index (χ1n) is 8.77. The van der Waals surface area contributed by atoms with Crippen LogP contribution in [0, 0.1) is 0 Å². The van der Waals surface area contributed by atoms with Gasteiger partial charge in [0.25, 0.3) is 0 Å². The quantitative estimate of drug-likeness (QED) is 0.793. The Morgan fingerprint density at radius 1 is 1.08 bits per heavy atom. The summed E-state index contributed by atoms with van der Waals surface area (Å²) in [5.74, 6) is 0.502. The van der Waals surface area contributed by atoms with E-state index in [1.807, 2.05) is 61.5 Å². The van der Waals surface area contributed by atoms with E-state index in [1.54, 1.807) is 19.1 Å². The number of likely N-dealkylation sites (N-methyl/N-ethyl adjacent to an activating group) is 1. The second-order valence-electron chi connectivity index (χ2n) is 6.05. The standard InChI is InChI=1S/C21H26N2O3/c1-4-20(24)23(15-17-11-8-12-18(13-17)26-3)19(21(25)22-2)14-16-9-6-5-7-10-16/h5-13,19H,4,14-15H2,1-3H3,(H,22,25)/t19-/m0/s1. The molecule has 1 N–H and O–H groups in total. The number of amides is 2. The molecule has 26 heavy (non-hydrogen) atoms. The number of methoxy groups -OCH3 is 1. The van der Waals surface area contributed by atoms with Gasteiger partial charge in [-0.1, -0.05) is 49.4 Å². The van der Waals surface area contributed by atoms with Gasteiger partial charge in [0.05, 0.1) is 7.11 Å². The van der Waals surface area contributed by atoms with Gasteiger partial charge in [-0.3, -0.25) is 9.59 Å². The average molecular weight is 354 g/mol. The molecule has 2 aromatic rings. The van der Waals surface area contributed by atoms with Crippen molar-refractivity contribution in [3.63, 3.8) is 0 Å². The van der Waals surface area contributed by atoms with E-state index >= 15 is 0 Å². The van der Waals surface area contributed by atoms with Crippen LogP contribution in [0.2, 0.25) is 0 Å². The molecule has 0 saturated carbocycles. The molecule has 0 aliphatic carbocycles. The summed E-state index contributed by atoms with van der Waals surface area (Å²) >= 11 is 0. The molecule has 0 aromatic heterocycles. The first kappa shape index (κ1) is 19.5. The minimum Gasteiger partial charge on any atom is -0.497 e. The summed E-state index contributed by atoms with van der Waals surface area (Å²) in [6, 6.07) is 16.7. The first-order chi connectivity index (χ1) is 12.6. The van der Waals surface area contributed by atoms with Crippen molar-refractivity contribution in [2.75, 3.05) is 14.2 Å². The van der Waals surface area contributed by atoms with Crippen molar-refractivity contribution < 1.29 is 14.3 Å². The lowest BCUT2D eigenvalue weighted by molar-refractivity contribution is -0.140. The molecule has 0 aliphatic rings. The second kappa shape index (κ2) is 9.61. The molecular weight excluding hydrogens is 328 g/mol. The highest BCUT2D eigenvalue weighted by atomic mass is 16.5. The molecule has 0 unspecified atom stereocenters. The van der Waals surface area contributed by atoms with Crippen molar-refractivity contribution >= 4 is 11.8 Å². The zero-order chi connectivity index (χ0) is 18.9. The highest BCUT2D eigenvalue weighted by Gasteiger charge is 2.28. The SMILES string of the molecule is CCC(=O)N(Cc1cccc(OC)c1)[C@@H](Cc1ccccc1)C(=O)NC. The van der Waals surface area contributed by atoms with Crippen LogP contribution in [0.15, 0.2) is 54.6 Å². The van der Waals surface area contributed by atoms with Gasteiger partial charge in [0.2, 0.25) is 11.8 Å². The maximum atomic E-state index is 12.6. The van der Waals surface area contributed by atoms with E-state index in [4.69, 9.17) is 4.74 Å². The number of hydrogen-bond donors (Lipinski definition) is 1. The maximum Gasteiger partial charge on any atom is 0.242 e. The Morgan fingerprint density at radius 2 is 1.77 bits per heavy atom. The van der Waals surface area contributed by atoms with Crippen molar-refractivity contribution in [3.05, 3.63) is 65.7 Å². The minimum absolute atomic E-state index is 0.0580. The van der Waals surface area contributed by atoms with Crippen molar-refractivity contribution in [3.8, 4) is 5.75 Å². The molecule has 2 amide bonds. The zero-order valence-corrected chi connectivity index (χ0v) is 15.6. The van der Waals surface area contributed by atoms with E-state index in [2.05, 4.69) is 5.32 Å². The van der Waals surface area contributed by atoms with Crippen LogP contribution in [0.25, 0.3) is 0 Å². The van der Waals surface area contributed by atoms with Crippen LogP contribution in [0.4, 0.5) is 0 Å². The van der Waals surface area contributed by atoms with Gasteiger partial charge < -0.3 is 15.0 Å². The third kappa shape index (κ3) is 5.09. The molecule has 1 atom stereocenters. The number of benzene rings is 2. The summed E-state index contributed by atoms with van der Waals surface area (Å²) in [6.07, 6.45) is 0.808. The number of ether oxygens (including phenoxy) is 1. The number of hydrogen-bond acceptors (Lipinski definition) is 3. The lowest BCUT2D eigenvalue weighted by Gasteiger charge is -2.31. The minimum atomic E-state index is -0.568. The van der Waals surface area contributed by atoms with Gasteiger partial charge in [-0.2, -0.15) is 0 Å². The molecule has 0 spiro atoms. The molecule has 138 valence electrons. The summed E-state index contributed by atoms with van der Waals surface area (Å²) in [5, 5.41) is 2.70. The van der Waals surface area contributed by atoms with E-state index in [0.717, 1.165) is 16.9 Å². The van der Waals surface area contributed by atoms with Crippen LogP contribution in [-0.4, -0.2) is 36.9 Å². The average Bonchev–Trinajstić information content (AvgIpc) is 2.70. The number of rotatable bonds is 8. The smallest absolute Gasteiger partial charge is 0.242 e. The van der Waals surface area contributed by atoms with Crippen molar-refractivity contribution in [1.29, 1.82) is 0 Å². The number of nitrogens with zero attached hydrogens (tertiary/aromatic N) is 1.